The molecule has 0 atom stereocenters. The Balaban J connectivity index is 1.75. The van der Waals surface area contributed by atoms with E-state index in [4.69, 9.17) is 16.7 Å². The molecule has 0 fully saturated rings. The molecule has 0 unspecified atom stereocenters. The molecule has 3 nitrogen and oxygen atoms in total. The van der Waals surface area contributed by atoms with E-state index in [1.54, 1.807) is 6.07 Å². The molecule has 0 bridgehead atoms. The maximum absolute atomic E-state index is 11.0. The Hall–Kier alpha value is -1.36. The number of hydrogen-bond acceptors (Lipinski definition) is 3. The summed E-state index contributed by atoms with van der Waals surface area (Å²) in [5.41, 5.74) is 2.26. The summed E-state index contributed by atoms with van der Waals surface area (Å²) < 4.78 is 0. The smallest absolute Gasteiger partial charge is 0.345 e. The maximum atomic E-state index is 11.0. The number of hydrogen-bond donors (Lipinski definition) is 1. The molecule has 0 aliphatic carbocycles. The second kappa shape index (κ2) is 5.56. The molecule has 0 saturated carbocycles. The quantitative estimate of drug-likeness (QED) is 0.941. The van der Waals surface area contributed by atoms with E-state index in [0.717, 1.165) is 42.2 Å². The molecule has 1 aromatic carbocycles. The summed E-state index contributed by atoms with van der Waals surface area (Å²) in [5.74, 6) is -0.831. The van der Waals surface area contributed by atoms with Crippen LogP contribution in [0.2, 0.25) is 5.02 Å². The molecule has 0 saturated heterocycles. The molecule has 3 rings (SSSR count). The molecule has 2 heterocycles. The van der Waals surface area contributed by atoms with Crippen LogP contribution in [0.5, 0.6) is 0 Å². The van der Waals surface area contributed by atoms with Crippen LogP contribution in [-0.2, 0) is 19.5 Å². The minimum absolute atomic E-state index is 0.439. The summed E-state index contributed by atoms with van der Waals surface area (Å²) in [7, 11) is 0. The van der Waals surface area contributed by atoms with Gasteiger partial charge in [0.15, 0.2) is 0 Å². The summed E-state index contributed by atoms with van der Waals surface area (Å²) in [5, 5.41) is 9.84. The van der Waals surface area contributed by atoms with Gasteiger partial charge in [0.25, 0.3) is 0 Å². The van der Waals surface area contributed by atoms with Crippen molar-refractivity contribution in [3.05, 3.63) is 56.2 Å². The van der Waals surface area contributed by atoms with E-state index in [0.29, 0.717) is 4.88 Å². The van der Waals surface area contributed by atoms with E-state index in [-0.39, 0.29) is 0 Å². The number of thiophene rings is 1. The van der Waals surface area contributed by atoms with Crippen molar-refractivity contribution in [3.63, 3.8) is 0 Å². The molecule has 5 heteroatoms. The first-order valence-corrected chi connectivity index (χ1v) is 7.63. The fourth-order valence-electron chi connectivity index (χ4n) is 2.50. The van der Waals surface area contributed by atoms with Crippen molar-refractivity contribution >= 4 is 28.9 Å². The minimum atomic E-state index is -0.831. The van der Waals surface area contributed by atoms with Crippen molar-refractivity contribution in [2.75, 3.05) is 6.54 Å². The molecule has 0 amide bonds. The first-order valence-electron chi connectivity index (χ1n) is 6.44. The Morgan fingerprint density at radius 2 is 2.20 bits per heavy atom. The summed E-state index contributed by atoms with van der Waals surface area (Å²) >= 11 is 7.59. The summed E-state index contributed by atoms with van der Waals surface area (Å²) in [6.07, 6.45) is 0.914. The molecule has 0 spiro atoms. The van der Waals surface area contributed by atoms with Crippen LogP contribution in [0, 0.1) is 0 Å². The number of nitrogens with zero attached hydrogens (tertiary/aromatic N) is 1. The van der Waals surface area contributed by atoms with E-state index in [1.807, 2.05) is 24.3 Å². The molecular weight excluding hydrogens is 294 g/mol. The van der Waals surface area contributed by atoms with E-state index in [1.165, 1.54) is 16.2 Å². The average Bonchev–Trinajstić information content (AvgIpc) is 2.85. The van der Waals surface area contributed by atoms with Crippen molar-refractivity contribution < 1.29 is 9.90 Å². The lowest BCUT2D eigenvalue weighted by Crippen LogP contribution is -2.29. The predicted octanol–water partition coefficient (Wildman–Crippen LogP) is 3.66. The van der Waals surface area contributed by atoms with Gasteiger partial charge in [-0.15, -0.1) is 11.3 Å². The fraction of sp³-hybridized carbons (Fsp3) is 0.267. The van der Waals surface area contributed by atoms with Gasteiger partial charge in [-0.25, -0.2) is 4.79 Å². The van der Waals surface area contributed by atoms with E-state index in [2.05, 4.69) is 4.90 Å². The minimum Gasteiger partial charge on any atom is -0.477 e. The molecular formula is C15H14ClNO2S. The highest BCUT2D eigenvalue weighted by Crippen LogP contribution is 2.29. The van der Waals surface area contributed by atoms with Gasteiger partial charge < -0.3 is 5.11 Å². The average molecular weight is 308 g/mol. The number of carboxylic acids is 1. The Morgan fingerprint density at radius 3 is 2.95 bits per heavy atom. The van der Waals surface area contributed by atoms with Crippen molar-refractivity contribution in [2.24, 2.45) is 0 Å². The Labute approximate surface area is 126 Å². The van der Waals surface area contributed by atoms with Gasteiger partial charge in [-0.1, -0.05) is 29.8 Å². The molecule has 104 valence electrons. The zero-order valence-corrected chi connectivity index (χ0v) is 12.4. The van der Waals surface area contributed by atoms with Gasteiger partial charge >= 0.3 is 5.97 Å². The van der Waals surface area contributed by atoms with Gasteiger partial charge in [-0.05, 0) is 29.7 Å². The maximum Gasteiger partial charge on any atom is 0.345 e. The highest BCUT2D eigenvalue weighted by atomic mass is 35.5. The monoisotopic (exact) mass is 307 g/mol. The van der Waals surface area contributed by atoms with Gasteiger partial charge in [-0.2, -0.15) is 0 Å². The SMILES string of the molecule is O=C(O)c1cc2c(s1)CCN(Cc1ccccc1Cl)C2. The number of fused-ring (bicyclic) bond motifs is 1. The molecule has 0 radical (unpaired) electrons. The number of halogens is 1. The van der Waals surface area contributed by atoms with Gasteiger partial charge in [-0.3, -0.25) is 4.90 Å². The van der Waals surface area contributed by atoms with E-state index >= 15 is 0 Å². The standard InChI is InChI=1S/C15H14ClNO2S/c16-12-4-2-1-3-10(12)8-17-6-5-13-11(9-17)7-14(20-13)15(18)19/h1-4,7H,5-6,8-9H2,(H,18,19). The lowest BCUT2D eigenvalue weighted by atomic mass is 10.1. The van der Waals surface area contributed by atoms with Crippen molar-refractivity contribution in [2.45, 2.75) is 19.5 Å². The molecule has 1 aliphatic heterocycles. The molecule has 1 aliphatic rings. The van der Waals surface area contributed by atoms with Gasteiger partial charge in [0.1, 0.15) is 4.88 Å². The van der Waals surface area contributed by atoms with Crippen molar-refractivity contribution in [1.29, 1.82) is 0 Å². The van der Waals surface area contributed by atoms with Gasteiger partial charge in [0.05, 0.1) is 0 Å². The van der Waals surface area contributed by atoms with Crippen LogP contribution in [0.15, 0.2) is 30.3 Å². The summed E-state index contributed by atoms with van der Waals surface area (Å²) in [6.45, 7) is 2.54. The van der Waals surface area contributed by atoms with E-state index in [9.17, 15) is 4.79 Å². The number of aromatic carboxylic acids is 1. The highest BCUT2D eigenvalue weighted by molar-refractivity contribution is 7.14. The van der Waals surface area contributed by atoms with Gasteiger partial charge in [0.2, 0.25) is 0 Å². The first-order chi connectivity index (χ1) is 9.63. The van der Waals surface area contributed by atoms with Crippen LogP contribution in [0.25, 0.3) is 0 Å². The normalized spacial score (nSPS) is 15.1. The number of carboxylic acid groups (broad SMARTS) is 1. The molecule has 20 heavy (non-hydrogen) atoms. The lowest BCUT2D eigenvalue weighted by Gasteiger charge is -2.27. The van der Waals surface area contributed by atoms with Crippen molar-refractivity contribution in [3.8, 4) is 0 Å². The lowest BCUT2D eigenvalue weighted by molar-refractivity contribution is 0.0702. The zero-order chi connectivity index (χ0) is 14.1. The largest absolute Gasteiger partial charge is 0.477 e. The predicted molar refractivity (Wildman–Crippen MR) is 80.5 cm³/mol. The second-order valence-corrected chi connectivity index (χ2v) is 6.46. The topological polar surface area (TPSA) is 40.5 Å². The van der Waals surface area contributed by atoms with Crippen LogP contribution in [0.1, 0.15) is 25.7 Å². The fourth-order valence-corrected chi connectivity index (χ4v) is 3.70. The number of carbonyl (C=O) groups is 1. The van der Waals surface area contributed by atoms with Crippen LogP contribution in [0.3, 0.4) is 0 Å². The third-order valence-electron chi connectivity index (χ3n) is 3.51. The molecule has 2 aromatic rings. The zero-order valence-electron chi connectivity index (χ0n) is 10.8. The Kier molecular flexibility index (Phi) is 3.78. The van der Waals surface area contributed by atoms with Gasteiger partial charge in [0, 0.05) is 29.5 Å². The van der Waals surface area contributed by atoms with E-state index < -0.39 is 5.97 Å². The van der Waals surface area contributed by atoms with Crippen LogP contribution in [-0.4, -0.2) is 22.5 Å². The van der Waals surface area contributed by atoms with Crippen molar-refractivity contribution in [1.82, 2.24) is 4.90 Å². The molecule has 1 N–H and O–H groups in total. The third kappa shape index (κ3) is 2.73. The Bertz CT molecular complexity index is 653. The summed E-state index contributed by atoms with van der Waals surface area (Å²) in [6, 6.07) is 9.66. The second-order valence-electron chi connectivity index (χ2n) is 4.92. The number of benzene rings is 1. The number of rotatable bonds is 3. The Morgan fingerprint density at radius 1 is 1.40 bits per heavy atom. The highest BCUT2D eigenvalue weighted by Gasteiger charge is 2.21. The molecule has 1 aromatic heterocycles. The summed E-state index contributed by atoms with van der Waals surface area (Å²) in [4.78, 5) is 15.0. The third-order valence-corrected chi connectivity index (χ3v) is 5.10. The van der Waals surface area contributed by atoms with Crippen LogP contribution in [0.4, 0.5) is 0 Å². The first kappa shape index (κ1) is 13.6. The van der Waals surface area contributed by atoms with Crippen LogP contribution >= 0.6 is 22.9 Å². The van der Waals surface area contributed by atoms with Crippen LogP contribution < -0.4 is 0 Å².